The quantitative estimate of drug-likeness (QED) is 0.263. The largest absolute Gasteiger partial charge is 0.490 e. The van der Waals surface area contributed by atoms with Gasteiger partial charge in [0.1, 0.15) is 5.69 Å². The van der Waals surface area contributed by atoms with E-state index >= 15 is 0 Å². The molecule has 0 aliphatic carbocycles. The van der Waals surface area contributed by atoms with Crippen LogP contribution < -0.4 is 10.6 Å². The van der Waals surface area contributed by atoms with Crippen LogP contribution in [-0.2, 0) is 9.59 Å². The predicted octanol–water partition coefficient (Wildman–Crippen LogP) is 4.38. The number of piperidine rings is 1. The molecule has 0 radical (unpaired) electrons. The zero-order chi connectivity index (χ0) is 29.5. The predicted molar refractivity (Wildman–Crippen MR) is 131 cm³/mol. The molecule has 1 aliphatic heterocycles. The molecular formula is C24H22F6N6O4. The second-order valence-electron chi connectivity index (χ2n) is 8.30. The second kappa shape index (κ2) is 12.6. The Labute approximate surface area is 221 Å². The van der Waals surface area contributed by atoms with Gasteiger partial charge in [-0.2, -0.15) is 26.3 Å². The topological polar surface area (TPSA) is 142 Å². The summed E-state index contributed by atoms with van der Waals surface area (Å²) in [7, 11) is 0. The number of alkyl halides is 6. The molecule has 0 bridgehead atoms. The van der Waals surface area contributed by atoms with Crippen LogP contribution in [0.3, 0.4) is 0 Å². The molecule has 1 aromatic carbocycles. The number of benzene rings is 1. The minimum atomic E-state index is -5.08. The lowest BCUT2D eigenvalue weighted by Gasteiger charge is -2.25. The fraction of sp³-hybridized carbons (Fsp3) is 0.292. The Bertz CT molecular complexity index is 1440. The first-order valence-corrected chi connectivity index (χ1v) is 11.5. The maximum absolute atomic E-state index is 10.6. The molecule has 0 spiro atoms. The van der Waals surface area contributed by atoms with Gasteiger partial charge in [0.15, 0.2) is 11.5 Å². The van der Waals surface area contributed by atoms with E-state index in [1.165, 1.54) is 0 Å². The first-order chi connectivity index (χ1) is 18.8. The Morgan fingerprint density at radius 1 is 0.875 bits per heavy atom. The number of fused-ring (bicyclic) bond motifs is 2. The van der Waals surface area contributed by atoms with Gasteiger partial charge in [0.2, 0.25) is 0 Å². The van der Waals surface area contributed by atoms with Crippen LogP contribution in [0.5, 0.6) is 0 Å². The maximum Gasteiger partial charge on any atom is 0.490 e. The molecule has 0 amide bonds. The van der Waals surface area contributed by atoms with E-state index in [1.54, 1.807) is 0 Å². The molecule has 4 N–H and O–H groups in total. The number of pyridine rings is 2. The second-order valence-corrected chi connectivity index (χ2v) is 8.30. The highest BCUT2D eigenvalue weighted by Gasteiger charge is 2.38. The minimum Gasteiger partial charge on any atom is -0.475 e. The van der Waals surface area contributed by atoms with Crippen molar-refractivity contribution < 1.29 is 46.1 Å². The van der Waals surface area contributed by atoms with Crippen LogP contribution in [0.2, 0.25) is 0 Å². The molecule has 1 saturated heterocycles. The summed E-state index contributed by atoms with van der Waals surface area (Å²) < 4.78 is 65.4. The third-order valence-corrected chi connectivity index (χ3v) is 5.45. The summed E-state index contributed by atoms with van der Waals surface area (Å²) in [6.45, 7) is 2.12. The minimum absolute atomic E-state index is 0.487. The van der Waals surface area contributed by atoms with Crippen molar-refractivity contribution in [2.75, 3.05) is 18.4 Å². The normalized spacial score (nSPS) is 14.1. The number of carboxylic acid groups (broad SMARTS) is 2. The molecule has 10 nitrogen and oxygen atoms in total. The van der Waals surface area contributed by atoms with Crippen LogP contribution in [0.1, 0.15) is 12.8 Å². The number of aromatic nitrogens is 4. The molecule has 40 heavy (non-hydrogen) atoms. The third kappa shape index (κ3) is 8.02. The van der Waals surface area contributed by atoms with Gasteiger partial charge in [0.05, 0.1) is 11.2 Å². The highest BCUT2D eigenvalue weighted by atomic mass is 19.4. The van der Waals surface area contributed by atoms with E-state index in [-0.39, 0.29) is 0 Å². The van der Waals surface area contributed by atoms with Crippen molar-refractivity contribution in [2.45, 2.75) is 31.2 Å². The first kappa shape index (κ1) is 30.1. The van der Waals surface area contributed by atoms with Crippen molar-refractivity contribution in [3.05, 3.63) is 54.7 Å². The fourth-order valence-corrected chi connectivity index (χ4v) is 3.59. The molecule has 4 heterocycles. The Balaban J connectivity index is 0.000000263. The van der Waals surface area contributed by atoms with Crippen molar-refractivity contribution in [1.82, 2.24) is 24.9 Å². The summed E-state index contributed by atoms with van der Waals surface area (Å²) in [5, 5.41) is 31.1. The van der Waals surface area contributed by atoms with Crippen molar-refractivity contribution in [2.24, 2.45) is 0 Å². The number of rotatable bonds is 3. The summed E-state index contributed by atoms with van der Waals surface area (Å²) in [5.74, 6) is -4.75. The number of aliphatic carboxylic acids is 2. The average Bonchev–Trinajstić information content (AvgIpc) is 3.33. The number of hydrogen-bond acceptors (Lipinski definition) is 7. The highest BCUT2D eigenvalue weighted by molar-refractivity contribution is 5.91. The van der Waals surface area contributed by atoms with Gasteiger partial charge in [-0.25, -0.2) is 14.6 Å². The number of carboxylic acids is 2. The lowest BCUT2D eigenvalue weighted by molar-refractivity contribution is -0.193. The molecule has 5 rings (SSSR count). The van der Waals surface area contributed by atoms with Gasteiger partial charge >= 0.3 is 24.3 Å². The number of para-hydroxylation sites is 1. The van der Waals surface area contributed by atoms with Crippen molar-refractivity contribution in [3.8, 4) is 11.5 Å². The van der Waals surface area contributed by atoms with E-state index in [4.69, 9.17) is 24.8 Å². The molecule has 0 saturated carbocycles. The smallest absolute Gasteiger partial charge is 0.475 e. The van der Waals surface area contributed by atoms with Gasteiger partial charge < -0.3 is 20.8 Å². The van der Waals surface area contributed by atoms with E-state index in [0.29, 0.717) is 6.04 Å². The summed E-state index contributed by atoms with van der Waals surface area (Å²) in [6, 6.07) is 16.8. The first-order valence-electron chi connectivity index (χ1n) is 11.5. The highest BCUT2D eigenvalue weighted by Crippen LogP contribution is 2.27. The van der Waals surface area contributed by atoms with E-state index in [1.807, 2.05) is 34.9 Å². The number of hydrogen-bond donors (Lipinski definition) is 4. The molecule has 0 atom stereocenters. The lowest BCUT2D eigenvalue weighted by atomic mass is 10.1. The van der Waals surface area contributed by atoms with Crippen LogP contribution in [0, 0.1) is 0 Å². The summed E-state index contributed by atoms with van der Waals surface area (Å²) in [4.78, 5) is 22.7. The molecule has 3 aromatic heterocycles. The monoisotopic (exact) mass is 572 g/mol. The van der Waals surface area contributed by atoms with Crippen LogP contribution in [0.4, 0.5) is 32.0 Å². The average molecular weight is 572 g/mol. The SMILES string of the molecule is O=C(O)C(F)(F)F.O=C(O)C(F)(F)F.c1cc(NC2CCNCC2)c2nc(-c3nnc4ccccn34)ccc2c1. The molecule has 4 aromatic rings. The van der Waals surface area contributed by atoms with Gasteiger partial charge in [0.25, 0.3) is 0 Å². The van der Waals surface area contributed by atoms with Crippen LogP contribution in [0.15, 0.2) is 54.7 Å². The van der Waals surface area contributed by atoms with E-state index in [9.17, 15) is 26.3 Å². The number of nitrogens with one attached hydrogen (secondary N) is 2. The fourth-order valence-electron chi connectivity index (χ4n) is 3.59. The van der Waals surface area contributed by atoms with Gasteiger partial charge in [0, 0.05) is 17.6 Å². The Morgan fingerprint density at radius 2 is 1.50 bits per heavy atom. The summed E-state index contributed by atoms with van der Waals surface area (Å²) in [6.07, 6.45) is -5.94. The lowest BCUT2D eigenvalue weighted by Crippen LogP contribution is -2.35. The van der Waals surface area contributed by atoms with Gasteiger partial charge in [-0.15, -0.1) is 10.2 Å². The molecule has 214 valence electrons. The Hall–Kier alpha value is -4.47. The standard InChI is InChI=1S/C20H20N6.2C2HF3O2/c1-2-13-26-18(6-1)24-25-20(26)17-8-7-14-4-3-5-16(19(14)23-17)22-15-9-11-21-12-10-15;2*3-2(4,5)1(6)7/h1-8,13,15,21-22H,9-12H2;2*(H,6,7). The van der Waals surface area contributed by atoms with Crippen molar-refractivity contribution in [3.63, 3.8) is 0 Å². The molecular weight excluding hydrogens is 550 g/mol. The number of nitrogens with zero attached hydrogens (tertiary/aromatic N) is 4. The molecule has 16 heteroatoms. The van der Waals surface area contributed by atoms with E-state index < -0.39 is 24.3 Å². The molecule has 0 unspecified atom stereocenters. The van der Waals surface area contributed by atoms with Crippen LogP contribution in [0.25, 0.3) is 28.1 Å². The number of anilines is 1. The van der Waals surface area contributed by atoms with Crippen molar-refractivity contribution >= 4 is 34.2 Å². The number of halogens is 6. The van der Waals surface area contributed by atoms with E-state index in [0.717, 1.165) is 59.7 Å². The van der Waals surface area contributed by atoms with Gasteiger partial charge in [-0.1, -0.05) is 24.3 Å². The third-order valence-electron chi connectivity index (χ3n) is 5.45. The Kier molecular flexibility index (Phi) is 9.47. The van der Waals surface area contributed by atoms with Gasteiger partial charge in [-0.05, 0) is 50.2 Å². The Morgan fingerprint density at radius 3 is 2.10 bits per heavy atom. The molecule has 1 aliphatic rings. The number of carbonyl (C=O) groups is 2. The van der Waals surface area contributed by atoms with Crippen molar-refractivity contribution in [1.29, 1.82) is 0 Å². The maximum atomic E-state index is 10.6. The van der Waals surface area contributed by atoms with Crippen LogP contribution >= 0.6 is 0 Å². The molecule has 1 fully saturated rings. The zero-order valence-corrected chi connectivity index (χ0v) is 20.4. The summed E-state index contributed by atoms with van der Waals surface area (Å²) >= 11 is 0. The summed E-state index contributed by atoms with van der Waals surface area (Å²) in [5.41, 5.74) is 3.72. The zero-order valence-electron chi connectivity index (χ0n) is 20.4. The van der Waals surface area contributed by atoms with Gasteiger partial charge in [-0.3, -0.25) is 4.40 Å². The van der Waals surface area contributed by atoms with E-state index in [2.05, 4.69) is 45.1 Å². The van der Waals surface area contributed by atoms with Crippen LogP contribution in [-0.4, -0.2) is 73.2 Å².